The van der Waals surface area contributed by atoms with Crippen LogP contribution in [0.25, 0.3) is 33.2 Å². The molecule has 6 heteroatoms. The van der Waals surface area contributed by atoms with Gasteiger partial charge >= 0.3 is 5.97 Å². The van der Waals surface area contributed by atoms with Crippen molar-refractivity contribution in [3.63, 3.8) is 0 Å². The van der Waals surface area contributed by atoms with Crippen molar-refractivity contribution in [2.24, 2.45) is 0 Å². The first-order chi connectivity index (χ1) is 15.8. The number of H-pyrrole nitrogens is 1. The molecule has 0 unspecified atom stereocenters. The fourth-order valence-electron chi connectivity index (χ4n) is 4.45. The summed E-state index contributed by atoms with van der Waals surface area (Å²) in [6, 6.07) is 20.3. The molecular weight excluding hydrogens is 438 g/mol. The number of benzene rings is 3. The number of halogens is 1. The summed E-state index contributed by atoms with van der Waals surface area (Å²) in [5.41, 5.74) is 4.06. The second-order valence-electron chi connectivity index (χ2n) is 8.66. The summed E-state index contributed by atoms with van der Waals surface area (Å²) in [7, 11) is 0. The lowest BCUT2D eigenvalue weighted by atomic mass is 9.75. The van der Waals surface area contributed by atoms with Crippen LogP contribution in [0, 0.1) is 0 Å². The van der Waals surface area contributed by atoms with Gasteiger partial charge in [-0.1, -0.05) is 60.1 Å². The third kappa shape index (κ3) is 4.06. The minimum Gasteiger partial charge on any atom is -0.481 e. The van der Waals surface area contributed by atoms with E-state index in [9.17, 15) is 14.7 Å². The van der Waals surface area contributed by atoms with Gasteiger partial charge in [0.25, 0.3) is 5.56 Å². The first kappa shape index (κ1) is 21.4. The van der Waals surface area contributed by atoms with Crippen LogP contribution >= 0.6 is 11.6 Å². The first-order valence-corrected chi connectivity index (χ1v) is 11.2. The molecule has 0 atom stereocenters. The number of aliphatic carboxylic acids is 1. The number of aromatic amines is 1. The van der Waals surface area contributed by atoms with Gasteiger partial charge in [0, 0.05) is 16.6 Å². The Balaban J connectivity index is 1.56. The second kappa shape index (κ2) is 8.18. The Morgan fingerprint density at radius 2 is 1.70 bits per heavy atom. The Bertz CT molecular complexity index is 1440. The lowest BCUT2D eigenvalue weighted by Crippen LogP contribution is -2.33. The third-order valence-electron chi connectivity index (χ3n) is 6.44. The van der Waals surface area contributed by atoms with E-state index < -0.39 is 11.6 Å². The average molecular weight is 460 g/mol. The first-order valence-electron chi connectivity index (χ1n) is 10.8. The van der Waals surface area contributed by atoms with E-state index in [0.29, 0.717) is 27.2 Å². The van der Waals surface area contributed by atoms with E-state index in [4.69, 9.17) is 16.7 Å². The van der Waals surface area contributed by atoms with Gasteiger partial charge in [-0.05, 0) is 65.1 Å². The van der Waals surface area contributed by atoms with Crippen LogP contribution in [0.1, 0.15) is 30.4 Å². The number of fused-ring (bicyclic) bond motifs is 1. The van der Waals surface area contributed by atoms with Gasteiger partial charge in [-0.15, -0.1) is 0 Å². The van der Waals surface area contributed by atoms with E-state index in [2.05, 4.69) is 4.98 Å². The Hall–Kier alpha value is -3.41. The lowest BCUT2D eigenvalue weighted by molar-refractivity contribution is -0.136. The highest BCUT2D eigenvalue weighted by molar-refractivity contribution is 6.34. The quantitative estimate of drug-likeness (QED) is 0.367. The van der Waals surface area contributed by atoms with Crippen molar-refractivity contribution in [3.05, 3.63) is 93.2 Å². The molecule has 0 bridgehead atoms. The van der Waals surface area contributed by atoms with Crippen LogP contribution in [0.4, 0.5) is 0 Å². The number of carboxylic acid groups (broad SMARTS) is 1. The highest BCUT2D eigenvalue weighted by Gasteiger charge is 2.35. The van der Waals surface area contributed by atoms with Crippen LogP contribution < -0.4 is 5.56 Å². The zero-order valence-electron chi connectivity index (χ0n) is 17.8. The maximum absolute atomic E-state index is 12.8. The number of aliphatic hydroxyl groups is 1. The van der Waals surface area contributed by atoms with Gasteiger partial charge in [0.1, 0.15) is 0 Å². The Kier molecular flexibility index (Phi) is 5.31. The fourth-order valence-corrected chi connectivity index (χ4v) is 4.72. The van der Waals surface area contributed by atoms with Gasteiger partial charge in [0.05, 0.1) is 17.0 Å². The smallest absolute Gasteiger partial charge is 0.307 e. The number of pyridine rings is 1. The van der Waals surface area contributed by atoms with Crippen LogP contribution in [-0.2, 0) is 16.8 Å². The Labute approximate surface area is 195 Å². The second-order valence-corrected chi connectivity index (χ2v) is 9.07. The van der Waals surface area contributed by atoms with Crippen molar-refractivity contribution in [2.45, 2.75) is 31.3 Å². The molecule has 5 nitrogen and oxygen atoms in total. The summed E-state index contributed by atoms with van der Waals surface area (Å²) < 4.78 is 0. The van der Waals surface area contributed by atoms with Gasteiger partial charge in [-0.2, -0.15) is 0 Å². The van der Waals surface area contributed by atoms with Crippen molar-refractivity contribution in [1.82, 2.24) is 4.98 Å². The van der Waals surface area contributed by atoms with Crippen LogP contribution in [0.5, 0.6) is 0 Å². The molecule has 0 aliphatic heterocycles. The molecule has 1 aromatic heterocycles. The molecular formula is C27H22ClNO4. The van der Waals surface area contributed by atoms with Crippen molar-refractivity contribution >= 4 is 28.5 Å². The van der Waals surface area contributed by atoms with Crippen LogP contribution in [0.3, 0.4) is 0 Å². The monoisotopic (exact) mass is 459 g/mol. The molecule has 0 spiro atoms. The summed E-state index contributed by atoms with van der Waals surface area (Å²) in [6.45, 7) is 0. The van der Waals surface area contributed by atoms with Gasteiger partial charge in [-0.25, -0.2) is 0 Å². The molecule has 1 heterocycles. The minimum absolute atomic E-state index is 0.107. The predicted octanol–water partition coefficient (Wildman–Crippen LogP) is 5.51. The number of hydrogen-bond acceptors (Lipinski definition) is 3. The number of carbonyl (C=O) groups is 1. The maximum Gasteiger partial charge on any atom is 0.307 e. The van der Waals surface area contributed by atoms with Crippen LogP contribution in [-0.4, -0.2) is 21.2 Å². The number of aromatic nitrogens is 1. The molecule has 5 rings (SSSR count). The van der Waals surface area contributed by atoms with E-state index in [-0.39, 0.29) is 12.0 Å². The van der Waals surface area contributed by atoms with E-state index in [1.54, 1.807) is 36.4 Å². The molecule has 33 heavy (non-hydrogen) atoms. The van der Waals surface area contributed by atoms with Crippen LogP contribution in [0.15, 0.2) is 71.5 Å². The number of hydrogen-bond donors (Lipinski definition) is 3. The zero-order chi connectivity index (χ0) is 23.2. The van der Waals surface area contributed by atoms with Crippen LogP contribution in [0.2, 0.25) is 5.02 Å². The molecule has 1 aliphatic carbocycles. The number of carboxylic acids is 1. The molecule has 1 aliphatic rings. The molecule has 0 amide bonds. The standard InChI is InChI=1S/C27H22ClNO4/c28-23-15-24-19(13-21(23)17-5-7-20(8-6-17)27(33)9-2-10-27)14-22(26(32)29-24)18-4-1-3-16(11-18)12-25(30)31/h1,3-8,11,13-15,33H,2,9-10,12H2,(H,29,32)(H,30,31). The Morgan fingerprint density at radius 1 is 0.970 bits per heavy atom. The molecule has 0 saturated heterocycles. The van der Waals surface area contributed by atoms with Crippen molar-refractivity contribution in [1.29, 1.82) is 0 Å². The minimum atomic E-state index is -0.922. The molecule has 4 aromatic rings. The average Bonchev–Trinajstić information content (AvgIpc) is 2.76. The van der Waals surface area contributed by atoms with Gasteiger partial charge in [0.15, 0.2) is 0 Å². The summed E-state index contributed by atoms with van der Waals surface area (Å²) in [4.78, 5) is 26.7. The predicted molar refractivity (Wildman–Crippen MR) is 130 cm³/mol. The number of nitrogens with one attached hydrogen (secondary N) is 1. The highest BCUT2D eigenvalue weighted by atomic mass is 35.5. The molecule has 0 radical (unpaired) electrons. The van der Waals surface area contributed by atoms with E-state index >= 15 is 0 Å². The summed E-state index contributed by atoms with van der Waals surface area (Å²) >= 11 is 6.56. The lowest BCUT2D eigenvalue weighted by Gasteiger charge is -2.37. The molecule has 1 fully saturated rings. The SMILES string of the molecule is O=C(O)Cc1cccc(-c2cc3cc(-c4ccc(C5(O)CCC5)cc4)c(Cl)cc3[nH]c2=O)c1. The summed E-state index contributed by atoms with van der Waals surface area (Å²) in [6.07, 6.45) is 2.50. The van der Waals surface area contributed by atoms with Crippen molar-refractivity contribution in [2.75, 3.05) is 0 Å². The van der Waals surface area contributed by atoms with Gasteiger partial charge in [0.2, 0.25) is 0 Å². The largest absolute Gasteiger partial charge is 0.481 e. The van der Waals surface area contributed by atoms with E-state index in [1.807, 2.05) is 30.3 Å². The molecule has 3 N–H and O–H groups in total. The Morgan fingerprint density at radius 3 is 2.36 bits per heavy atom. The van der Waals surface area contributed by atoms with E-state index in [0.717, 1.165) is 41.3 Å². The topological polar surface area (TPSA) is 90.4 Å². The number of rotatable bonds is 5. The molecule has 1 saturated carbocycles. The van der Waals surface area contributed by atoms with Crippen molar-refractivity contribution < 1.29 is 15.0 Å². The van der Waals surface area contributed by atoms with E-state index in [1.165, 1.54) is 0 Å². The van der Waals surface area contributed by atoms with Gasteiger partial charge in [-0.3, -0.25) is 9.59 Å². The molecule has 3 aromatic carbocycles. The molecule has 166 valence electrons. The van der Waals surface area contributed by atoms with Crippen molar-refractivity contribution in [3.8, 4) is 22.3 Å². The normalized spacial score (nSPS) is 14.7. The highest BCUT2D eigenvalue weighted by Crippen LogP contribution is 2.42. The zero-order valence-corrected chi connectivity index (χ0v) is 18.5. The maximum atomic E-state index is 12.8. The van der Waals surface area contributed by atoms with Gasteiger partial charge < -0.3 is 15.2 Å². The summed E-state index contributed by atoms with van der Waals surface area (Å²) in [5, 5.41) is 21.0. The third-order valence-corrected chi connectivity index (χ3v) is 6.75. The fraction of sp³-hybridized carbons (Fsp3) is 0.185. The summed E-state index contributed by atoms with van der Waals surface area (Å²) in [5.74, 6) is -0.922.